The minimum Gasteiger partial charge on any atom is -0.351 e. The summed E-state index contributed by atoms with van der Waals surface area (Å²) < 4.78 is 1.64. The van der Waals surface area contributed by atoms with Crippen LogP contribution in [-0.4, -0.2) is 27.0 Å². The fourth-order valence-corrected chi connectivity index (χ4v) is 3.21. The summed E-state index contributed by atoms with van der Waals surface area (Å²) in [6.07, 6.45) is 0.930. The standard InChI is InChI=1S/C24H24N4O/c1-17(2)13-14-25-24(29)22-15-20(18-9-5-3-6-10-18)26-23-16-21(27-28(22)23)19-11-7-4-8-12-19/h3-12,15-17H,13-14H2,1-2H3,(H,25,29). The van der Waals surface area contributed by atoms with Crippen molar-refractivity contribution in [2.45, 2.75) is 20.3 Å². The third kappa shape index (κ3) is 4.19. The van der Waals surface area contributed by atoms with Gasteiger partial charge < -0.3 is 5.32 Å². The predicted molar refractivity (Wildman–Crippen MR) is 116 cm³/mol. The second kappa shape index (κ2) is 8.27. The molecule has 0 aliphatic heterocycles. The zero-order valence-corrected chi connectivity index (χ0v) is 16.7. The Morgan fingerprint density at radius 2 is 1.55 bits per heavy atom. The molecule has 0 aliphatic rings. The molecule has 2 heterocycles. The molecule has 0 spiro atoms. The Hall–Kier alpha value is -3.47. The van der Waals surface area contributed by atoms with Gasteiger partial charge in [0.2, 0.25) is 0 Å². The largest absolute Gasteiger partial charge is 0.351 e. The number of nitrogens with one attached hydrogen (secondary N) is 1. The van der Waals surface area contributed by atoms with Crippen molar-refractivity contribution in [2.24, 2.45) is 5.92 Å². The van der Waals surface area contributed by atoms with Crippen molar-refractivity contribution in [3.63, 3.8) is 0 Å². The molecule has 0 unspecified atom stereocenters. The van der Waals surface area contributed by atoms with Gasteiger partial charge in [0.1, 0.15) is 5.69 Å². The Labute approximate surface area is 170 Å². The van der Waals surface area contributed by atoms with Crippen molar-refractivity contribution >= 4 is 11.6 Å². The lowest BCUT2D eigenvalue weighted by atomic mass is 10.1. The first-order valence-corrected chi connectivity index (χ1v) is 9.91. The molecule has 0 aliphatic carbocycles. The van der Waals surface area contributed by atoms with E-state index < -0.39 is 0 Å². The quantitative estimate of drug-likeness (QED) is 0.517. The van der Waals surface area contributed by atoms with E-state index in [1.165, 1.54) is 0 Å². The van der Waals surface area contributed by atoms with E-state index in [0.29, 0.717) is 23.8 Å². The maximum atomic E-state index is 13.0. The summed E-state index contributed by atoms with van der Waals surface area (Å²) in [6, 6.07) is 23.5. The summed E-state index contributed by atoms with van der Waals surface area (Å²) in [5.74, 6) is 0.389. The van der Waals surface area contributed by atoms with Crippen LogP contribution in [0.3, 0.4) is 0 Å². The van der Waals surface area contributed by atoms with Gasteiger partial charge in [-0.25, -0.2) is 9.50 Å². The molecule has 146 valence electrons. The number of carbonyl (C=O) groups is 1. The lowest BCUT2D eigenvalue weighted by Crippen LogP contribution is -2.27. The van der Waals surface area contributed by atoms with Crippen LogP contribution in [0.1, 0.15) is 30.8 Å². The second-order valence-corrected chi connectivity index (χ2v) is 7.50. The van der Waals surface area contributed by atoms with E-state index in [-0.39, 0.29) is 5.91 Å². The van der Waals surface area contributed by atoms with Crippen molar-refractivity contribution in [1.82, 2.24) is 19.9 Å². The Bertz CT molecular complexity index is 1120. The maximum Gasteiger partial charge on any atom is 0.270 e. The zero-order chi connectivity index (χ0) is 20.2. The summed E-state index contributed by atoms with van der Waals surface area (Å²) in [4.78, 5) is 17.7. The van der Waals surface area contributed by atoms with E-state index in [1.807, 2.05) is 72.8 Å². The van der Waals surface area contributed by atoms with Gasteiger partial charge in [-0.15, -0.1) is 0 Å². The Kier molecular flexibility index (Phi) is 5.38. The topological polar surface area (TPSA) is 59.3 Å². The molecule has 2 aromatic carbocycles. The molecule has 0 bridgehead atoms. The molecular formula is C24H24N4O. The number of aromatic nitrogens is 3. The minimum atomic E-state index is -0.141. The van der Waals surface area contributed by atoms with E-state index in [4.69, 9.17) is 4.98 Å². The number of amides is 1. The lowest BCUT2D eigenvalue weighted by molar-refractivity contribution is 0.0944. The molecule has 1 N–H and O–H groups in total. The van der Waals surface area contributed by atoms with Gasteiger partial charge in [-0.2, -0.15) is 5.10 Å². The molecule has 0 atom stereocenters. The SMILES string of the molecule is CC(C)CCNC(=O)c1cc(-c2ccccc2)nc2cc(-c3ccccc3)nn12. The van der Waals surface area contributed by atoms with Crippen LogP contribution in [0.15, 0.2) is 72.8 Å². The van der Waals surface area contributed by atoms with E-state index in [0.717, 1.165) is 28.9 Å². The second-order valence-electron chi connectivity index (χ2n) is 7.50. The van der Waals surface area contributed by atoms with Crippen molar-refractivity contribution < 1.29 is 4.79 Å². The number of carbonyl (C=O) groups excluding carboxylic acids is 1. The number of fused-ring (bicyclic) bond motifs is 1. The van der Waals surface area contributed by atoms with Crippen LogP contribution >= 0.6 is 0 Å². The van der Waals surface area contributed by atoms with Crippen LogP contribution in [0.2, 0.25) is 0 Å². The number of benzene rings is 2. The van der Waals surface area contributed by atoms with Gasteiger partial charge in [0, 0.05) is 23.7 Å². The number of hydrogen-bond acceptors (Lipinski definition) is 3. The normalized spacial score (nSPS) is 11.1. The third-order valence-corrected chi connectivity index (χ3v) is 4.81. The summed E-state index contributed by atoms with van der Waals surface area (Å²) in [5.41, 5.74) is 4.64. The van der Waals surface area contributed by atoms with E-state index in [1.54, 1.807) is 4.52 Å². The van der Waals surface area contributed by atoms with Crippen LogP contribution in [0.5, 0.6) is 0 Å². The molecule has 0 radical (unpaired) electrons. The Balaban J connectivity index is 1.80. The number of nitrogens with zero attached hydrogens (tertiary/aromatic N) is 3. The molecule has 29 heavy (non-hydrogen) atoms. The average Bonchev–Trinajstić information content (AvgIpc) is 3.18. The summed E-state index contributed by atoms with van der Waals surface area (Å²) in [7, 11) is 0. The van der Waals surface area contributed by atoms with Crippen molar-refractivity contribution in [2.75, 3.05) is 6.54 Å². The lowest BCUT2D eigenvalue weighted by Gasteiger charge is -2.10. The van der Waals surface area contributed by atoms with Crippen LogP contribution in [-0.2, 0) is 0 Å². The zero-order valence-electron chi connectivity index (χ0n) is 16.7. The van der Waals surface area contributed by atoms with Gasteiger partial charge >= 0.3 is 0 Å². The molecule has 5 heteroatoms. The highest BCUT2D eigenvalue weighted by molar-refractivity contribution is 5.94. The van der Waals surface area contributed by atoms with E-state index in [2.05, 4.69) is 24.3 Å². The van der Waals surface area contributed by atoms with Crippen LogP contribution in [0.25, 0.3) is 28.2 Å². The maximum absolute atomic E-state index is 13.0. The average molecular weight is 384 g/mol. The molecule has 0 fully saturated rings. The summed E-state index contributed by atoms with van der Waals surface area (Å²) >= 11 is 0. The summed E-state index contributed by atoms with van der Waals surface area (Å²) in [6.45, 7) is 4.92. The molecule has 1 amide bonds. The predicted octanol–water partition coefficient (Wildman–Crippen LogP) is 4.84. The van der Waals surface area contributed by atoms with Crippen LogP contribution in [0, 0.1) is 5.92 Å². The van der Waals surface area contributed by atoms with Crippen LogP contribution in [0.4, 0.5) is 0 Å². The molecule has 0 saturated heterocycles. The molecule has 5 nitrogen and oxygen atoms in total. The fourth-order valence-electron chi connectivity index (χ4n) is 3.21. The number of hydrogen-bond donors (Lipinski definition) is 1. The monoisotopic (exact) mass is 384 g/mol. The molecule has 2 aromatic heterocycles. The van der Waals surface area contributed by atoms with E-state index >= 15 is 0 Å². The van der Waals surface area contributed by atoms with Crippen molar-refractivity contribution in [3.05, 3.63) is 78.5 Å². The minimum absolute atomic E-state index is 0.141. The Morgan fingerprint density at radius 1 is 0.931 bits per heavy atom. The van der Waals surface area contributed by atoms with Gasteiger partial charge in [0.15, 0.2) is 5.65 Å². The third-order valence-electron chi connectivity index (χ3n) is 4.81. The van der Waals surface area contributed by atoms with Crippen molar-refractivity contribution in [1.29, 1.82) is 0 Å². The molecule has 0 saturated carbocycles. The smallest absolute Gasteiger partial charge is 0.270 e. The first-order valence-electron chi connectivity index (χ1n) is 9.91. The molecular weight excluding hydrogens is 360 g/mol. The first-order chi connectivity index (χ1) is 14.1. The van der Waals surface area contributed by atoms with Gasteiger partial charge in [-0.3, -0.25) is 4.79 Å². The highest BCUT2D eigenvalue weighted by Gasteiger charge is 2.17. The Morgan fingerprint density at radius 3 is 2.17 bits per heavy atom. The van der Waals surface area contributed by atoms with Crippen LogP contribution < -0.4 is 5.32 Å². The first kappa shape index (κ1) is 18.9. The van der Waals surface area contributed by atoms with Gasteiger partial charge in [-0.1, -0.05) is 74.5 Å². The van der Waals surface area contributed by atoms with Gasteiger partial charge in [0.25, 0.3) is 5.91 Å². The molecule has 4 rings (SSSR count). The highest BCUT2D eigenvalue weighted by atomic mass is 16.1. The van der Waals surface area contributed by atoms with Crippen molar-refractivity contribution in [3.8, 4) is 22.5 Å². The van der Waals surface area contributed by atoms with E-state index in [9.17, 15) is 4.79 Å². The van der Waals surface area contributed by atoms with Gasteiger partial charge in [0.05, 0.1) is 11.4 Å². The number of rotatable bonds is 6. The fraction of sp³-hybridized carbons (Fsp3) is 0.208. The molecule has 4 aromatic rings. The summed E-state index contributed by atoms with van der Waals surface area (Å²) in [5, 5.41) is 7.70. The highest BCUT2D eigenvalue weighted by Crippen LogP contribution is 2.23. The van der Waals surface area contributed by atoms with Gasteiger partial charge in [-0.05, 0) is 18.4 Å².